The Morgan fingerprint density at radius 3 is 1.94 bits per heavy atom. The van der Waals surface area contributed by atoms with Crippen molar-refractivity contribution in [2.24, 2.45) is 5.73 Å². The van der Waals surface area contributed by atoms with E-state index < -0.39 is 60.2 Å². The highest BCUT2D eigenvalue weighted by Crippen LogP contribution is 2.19. The van der Waals surface area contributed by atoms with E-state index in [2.05, 4.69) is 20.9 Å². The Balaban J connectivity index is 1.51. The summed E-state index contributed by atoms with van der Waals surface area (Å²) in [6.07, 6.45) is 0.965. The molecule has 0 aliphatic carbocycles. The number of rotatable bonds is 16. The Kier molecular flexibility index (Phi) is 11.7. The number of carbonyl (C=O) groups excluding carboxylic acids is 3. The molecule has 4 rings (SSSR count). The van der Waals surface area contributed by atoms with Crippen LogP contribution in [0.15, 0.2) is 85.1 Å². The zero-order chi connectivity index (χ0) is 33.9. The van der Waals surface area contributed by atoms with Crippen LogP contribution >= 0.6 is 0 Å². The van der Waals surface area contributed by atoms with Crippen LogP contribution in [0.4, 0.5) is 0 Å². The van der Waals surface area contributed by atoms with Gasteiger partial charge in [-0.3, -0.25) is 19.2 Å². The minimum absolute atomic E-state index is 0.00608. The Morgan fingerprint density at radius 1 is 0.681 bits per heavy atom. The molecule has 47 heavy (non-hydrogen) atoms. The van der Waals surface area contributed by atoms with E-state index in [1.807, 2.05) is 24.3 Å². The van der Waals surface area contributed by atoms with Gasteiger partial charge in [0.25, 0.3) is 0 Å². The summed E-state index contributed by atoms with van der Waals surface area (Å²) in [7, 11) is 0. The zero-order valence-electron chi connectivity index (χ0n) is 25.4. The van der Waals surface area contributed by atoms with Gasteiger partial charge in [0.15, 0.2) is 0 Å². The molecule has 4 unspecified atom stereocenters. The lowest BCUT2D eigenvalue weighted by atomic mass is 10.0. The summed E-state index contributed by atoms with van der Waals surface area (Å²) < 4.78 is 0. The molecule has 0 fully saturated rings. The summed E-state index contributed by atoms with van der Waals surface area (Å²) in [5.74, 6) is -4.90. The molecule has 3 aromatic carbocycles. The summed E-state index contributed by atoms with van der Waals surface area (Å²) >= 11 is 0. The number of aliphatic carboxylic acids is 2. The van der Waals surface area contributed by atoms with Crippen molar-refractivity contribution in [3.05, 3.63) is 102 Å². The number of carboxylic acids is 2. The lowest BCUT2D eigenvalue weighted by Crippen LogP contribution is -2.58. The number of benzene rings is 3. The number of nitrogens with two attached hydrogens (primary N) is 1. The highest BCUT2D eigenvalue weighted by atomic mass is 16.4. The van der Waals surface area contributed by atoms with Crippen LogP contribution in [0, 0.1) is 0 Å². The third-order valence-corrected chi connectivity index (χ3v) is 7.64. The van der Waals surface area contributed by atoms with E-state index in [4.69, 9.17) is 5.73 Å². The van der Waals surface area contributed by atoms with Gasteiger partial charge in [-0.15, -0.1) is 0 Å². The number of carbonyl (C=O) groups is 5. The topological polar surface area (TPSA) is 224 Å². The predicted molar refractivity (Wildman–Crippen MR) is 172 cm³/mol. The number of carboxylic acid groups (broad SMARTS) is 2. The minimum Gasteiger partial charge on any atom is -0.508 e. The number of aromatic amines is 1. The van der Waals surface area contributed by atoms with Crippen molar-refractivity contribution < 1.29 is 39.3 Å². The third kappa shape index (κ3) is 9.90. The Bertz CT molecular complexity index is 1710. The van der Waals surface area contributed by atoms with Gasteiger partial charge in [0.2, 0.25) is 17.7 Å². The van der Waals surface area contributed by atoms with E-state index in [1.54, 1.807) is 48.7 Å². The fourth-order valence-electron chi connectivity index (χ4n) is 5.12. The van der Waals surface area contributed by atoms with Crippen molar-refractivity contribution in [2.75, 3.05) is 0 Å². The van der Waals surface area contributed by atoms with Gasteiger partial charge in [-0.05, 0) is 47.7 Å². The standard InChI is InChI=1S/C34H37N5O8/c35-25(18-22-19-36-26-9-5-4-8-24(22)26)31(43)38-28(16-21-10-12-23(40)13-11-21)33(45)37-27(14-15-30(41)42)32(44)39-29(34(46)47)17-20-6-2-1-3-7-20/h1-13,19,25,27-29,36,40H,14-18,35H2,(H,37,45)(H,38,43)(H,39,44)(H,41,42)(H,46,47). The number of phenols is 1. The van der Waals surface area contributed by atoms with Crippen molar-refractivity contribution in [3.63, 3.8) is 0 Å². The molecule has 0 radical (unpaired) electrons. The molecule has 0 spiro atoms. The summed E-state index contributed by atoms with van der Waals surface area (Å²) in [5, 5.41) is 37.2. The number of hydrogen-bond donors (Lipinski definition) is 8. The van der Waals surface area contributed by atoms with Gasteiger partial charge in [0.05, 0.1) is 6.04 Å². The number of H-pyrrole nitrogens is 1. The summed E-state index contributed by atoms with van der Waals surface area (Å²) in [5.41, 5.74) is 9.15. The quantitative estimate of drug-likeness (QED) is 0.0887. The molecule has 1 aromatic heterocycles. The van der Waals surface area contributed by atoms with Crippen molar-refractivity contribution in [1.82, 2.24) is 20.9 Å². The lowest BCUT2D eigenvalue weighted by Gasteiger charge is -2.25. The van der Waals surface area contributed by atoms with Gasteiger partial charge in [0, 0.05) is 36.4 Å². The maximum Gasteiger partial charge on any atom is 0.326 e. The largest absolute Gasteiger partial charge is 0.508 e. The van der Waals surface area contributed by atoms with Crippen molar-refractivity contribution in [3.8, 4) is 5.75 Å². The van der Waals surface area contributed by atoms with Crippen LogP contribution in [0.25, 0.3) is 10.9 Å². The van der Waals surface area contributed by atoms with Crippen LogP contribution < -0.4 is 21.7 Å². The molecule has 0 saturated carbocycles. The fraction of sp³-hybridized carbons (Fsp3) is 0.265. The monoisotopic (exact) mass is 643 g/mol. The first kappa shape index (κ1) is 34.2. The molecule has 9 N–H and O–H groups in total. The second-order valence-electron chi connectivity index (χ2n) is 11.2. The molecule has 0 saturated heterocycles. The lowest BCUT2D eigenvalue weighted by molar-refractivity contribution is -0.143. The normalized spacial score (nSPS) is 13.6. The van der Waals surface area contributed by atoms with Gasteiger partial charge in [0.1, 0.15) is 23.9 Å². The second kappa shape index (κ2) is 16.0. The Hall–Kier alpha value is -5.69. The van der Waals surface area contributed by atoms with Crippen LogP contribution in [0.5, 0.6) is 5.75 Å². The molecule has 0 aliphatic rings. The first-order valence-electron chi connectivity index (χ1n) is 15.0. The first-order valence-corrected chi connectivity index (χ1v) is 15.0. The summed E-state index contributed by atoms with van der Waals surface area (Å²) in [6.45, 7) is 0. The molecule has 4 atom stereocenters. The fourth-order valence-corrected chi connectivity index (χ4v) is 5.12. The van der Waals surface area contributed by atoms with Crippen LogP contribution in [0.1, 0.15) is 29.5 Å². The van der Waals surface area contributed by atoms with E-state index in [-0.39, 0.29) is 31.4 Å². The average molecular weight is 644 g/mol. The maximum absolute atomic E-state index is 13.7. The number of aromatic nitrogens is 1. The van der Waals surface area contributed by atoms with Gasteiger partial charge < -0.3 is 42.0 Å². The van der Waals surface area contributed by atoms with Crippen LogP contribution in [-0.2, 0) is 43.2 Å². The highest BCUT2D eigenvalue weighted by Gasteiger charge is 2.31. The molecule has 0 aliphatic heterocycles. The zero-order valence-corrected chi connectivity index (χ0v) is 25.4. The number of phenolic OH excluding ortho intramolecular Hbond substituents is 1. The van der Waals surface area contributed by atoms with Crippen molar-refractivity contribution >= 4 is 40.6 Å². The Morgan fingerprint density at radius 2 is 1.26 bits per heavy atom. The van der Waals surface area contributed by atoms with E-state index in [9.17, 15) is 39.3 Å². The summed E-state index contributed by atoms with van der Waals surface area (Å²) in [4.78, 5) is 66.8. The van der Waals surface area contributed by atoms with E-state index in [1.165, 1.54) is 12.1 Å². The molecule has 13 heteroatoms. The minimum atomic E-state index is -1.43. The van der Waals surface area contributed by atoms with Gasteiger partial charge in [-0.2, -0.15) is 0 Å². The molecule has 13 nitrogen and oxygen atoms in total. The molecular formula is C34H37N5O8. The molecule has 1 heterocycles. The van der Waals surface area contributed by atoms with Crippen LogP contribution in [0.3, 0.4) is 0 Å². The number of hydrogen-bond acceptors (Lipinski definition) is 7. The van der Waals surface area contributed by atoms with Crippen molar-refractivity contribution in [2.45, 2.75) is 56.3 Å². The van der Waals surface area contributed by atoms with Crippen LogP contribution in [0.2, 0.25) is 0 Å². The van der Waals surface area contributed by atoms with Gasteiger partial charge in [-0.25, -0.2) is 4.79 Å². The van der Waals surface area contributed by atoms with Crippen LogP contribution in [-0.4, -0.2) is 74.1 Å². The predicted octanol–water partition coefficient (Wildman–Crippen LogP) is 1.63. The number of fused-ring (bicyclic) bond motifs is 1. The third-order valence-electron chi connectivity index (χ3n) is 7.64. The van der Waals surface area contributed by atoms with E-state index in [0.717, 1.165) is 16.5 Å². The number of para-hydroxylation sites is 1. The highest BCUT2D eigenvalue weighted by molar-refractivity contribution is 5.95. The summed E-state index contributed by atoms with van der Waals surface area (Å²) in [6, 6.07) is 17.0. The second-order valence-corrected chi connectivity index (χ2v) is 11.2. The molecule has 246 valence electrons. The van der Waals surface area contributed by atoms with E-state index in [0.29, 0.717) is 11.1 Å². The number of nitrogens with one attached hydrogen (secondary N) is 4. The SMILES string of the molecule is NC(Cc1c[nH]c2ccccc12)C(=O)NC(Cc1ccc(O)cc1)C(=O)NC(CCC(=O)O)C(=O)NC(Cc1ccccc1)C(=O)O. The smallest absolute Gasteiger partial charge is 0.326 e. The molecule has 4 aromatic rings. The van der Waals surface area contributed by atoms with Crippen molar-refractivity contribution in [1.29, 1.82) is 0 Å². The van der Waals surface area contributed by atoms with Gasteiger partial charge >= 0.3 is 11.9 Å². The maximum atomic E-state index is 13.7. The average Bonchev–Trinajstić information content (AvgIpc) is 3.46. The van der Waals surface area contributed by atoms with E-state index >= 15 is 0 Å². The molecule has 0 bridgehead atoms. The molecule has 3 amide bonds. The first-order chi connectivity index (χ1) is 22.5. The van der Waals surface area contributed by atoms with Gasteiger partial charge in [-0.1, -0.05) is 60.7 Å². The number of aromatic hydroxyl groups is 1. The Labute approximate surface area is 270 Å². The number of amides is 3. The molecular weight excluding hydrogens is 606 g/mol.